The summed E-state index contributed by atoms with van der Waals surface area (Å²) in [6.07, 6.45) is 4.32. The summed E-state index contributed by atoms with van der Waals surface area (Å²) in [6.45, 7) is 0. The number of rotatable bonds is 7. The van der Waals surface area contributed by atoms with E-state index in [-0.39, 0.29) is 12.3 Å². The van der Waals surface area contributed by atoms with Crippen molar-refractivity contribution in [2.24, 2.45) is 7.05 Å². The van der Waals surface area contributed by atoms with Crippen LogP contribution in [-0.4, -0.2) is 22.6 Å². The van der Waals surface area contributed by atoms with Crippen molar-refractivity contribution >= 4 is 23.4 Å². The normalized spacial score (nSPS) is 10.6. The Morgan fingerprint density at radius 3 is 2.85 bits per heavy atom. The fourth-order valence-electron chi connectivity index (χ4n) is 2.61. The van der Waals surface area contributed by atoms with Gasteiger partial charge >= 0.3 is 0 Å². The maximum Gasteiger partial charge on any atom is 0.224 e. The van der Waals surface area contributed by atoms with Crippen LogP contribution in [0.15, 0.2) is 64.9 Å². The van der Waals surface area contributed by atoms with Gasteiger partial charge in [-0.25, -0.2) is 9.37 Å². The minimum atomic E-state index is -0.404. The average Bonchev–Trinajstić information content (AvgIpc) is 3.07. The van der Waals surface area contributed by atoms with Crippen molar-refractivity contribution in [1.82, 2.24) is 9.55 Å². The predicted molar refractivity (Wildman–Crippen MR) is 104 cm³/mol. The fourth-order valence-corrected chi connectivity index (χ4v) is 3.48. The van der Waals surface area contributed by atoms with Crippen LogP contribution in [0, 0.1) is 5.82 Å². The number of hydrogen-bond donors (Lipinski definition) is 1. The molecule has 27 heavy (non-hydrogen) atoms. The van der Waals surface area contributed by atoms with Crippen LogP contribution in [0.25, 0.3) is 0 Å². The number of carbonyl (C=O) groups excluding carboxylic acids is 1. The first-order valence-corrected chi connectivity index (χ1v) is 9.25. The molecule has 0 aliphatic rings. The van der Waals surface area contributed by atoms with Gasteiger partial charge in [0.15, 0.2) is 5.16 Å². The van der Waals surface area contributed by atoms with E-state index in [4.69, 9.17) is 4.74 Å². The molecule has 5 nitrogen and oxygen atoms in total. The van der Waals surface area contributed by atoms with Gasteiger partial charge in [-0.15, -0.1) is 0 Å². The van der Waals surface area contributed by atoms with Crippen LogP contribution in [0.4, 0.5) is 10.1 Å². The number of aryl methyl sites for hydroxylation is 2. The summed E-state index contributed by atoms with van der Waals surface area (Å²) in [4.78, 5) is 17.4. The van der Waals surface area contributed by atoms with E-state index in [0.29, 0.717) is 12.1 Å². The van der Waals surface area contributed by atoms with Gasteiger partial charge in [-0.1, -0.05) is 18.2 Å². The summed E-state index contributed by atoms with van der Waals surface area (Å²) in [5.41, 5.74) is 1.39. The van der Waals surface area contributed by atoms with Crippen LogP contribution in [-0.2, 0) is 18.3 Å². The highest BCUT2D eigenvalue weighted by atomic mass is 32.2. The summed E-state index contributed by atoms with van der Waals surface area (Å²) in [7, 11) is 3.48. The Morgan fingerprint density at radius 1 is 1.30 bits per heavy atom. The maximum absolute atomic E-state index is 13.7. The van der Waals surface area contributed by atoms with Crippen LogP contribution in [0.3, 0.4) is 0 Å². The highest BCUT2D eigenvalue weighted by Crippen LogP contribution is 2.33. The Bertz CT molecular complexity index is 942. The second-order valence-corrected chi connectivity index (χ2v) is 6.93. The van der Waals surface area contributed by atoms with E-state index < -0.39 is 5.82 Å². The Kier molecular flexibility index (Phi) is 6.13. The topological polar surface area (TPSA) is 56.1 Å². The number of anilines is 1. The molecule has 0 saturated heterocycles. The summed E-state index contributed by atoms with van der Waals surface area (Å²) in [6, 6.07) is 11.9. The molecule has 0 fully saturated rings. The molecule has 0 bridgehead atoms. The zero-order chi connectivity index (χ0) is 19.2. The van der Waals surface area contributed by atoms with Crippen molar-refractivity contribution in [3.05, 3.63) is 66.2 Å². The van der Waals surface area contributed by atoms with Crippen molar-refractivity contribution in [1.29, 1.82) is 0 Å². The van der Waals surface area contributed by atoms with Gasteiger partial charge in [-0.3, -0.25) is 4.79 Å². The van der Waals surface area contributed by atoms with Crippen molar-refractivity contribution in [3.63, 3.8) is 0 Å². The fraction of sp³-hybridized carbons (Fsp3) is 0.200. The Morgan fingerprint density at radius 2 is 2.11 bits per heavy atom. The van der Waals surface area contributed by atoms with Crippen molar-refractivity contribution in [2.45, 2.75) is 22.9 Å². The van der Waals surface area contributed by atoms with Crippen LogP contribution in [0.2, 0.25) is 0 Å². The number of imidazole rings is 1. The molecule has 140 valence electrons. The third kappa shape index (κ3) is 4.89. The number of nitrogens with zero attached hydrogens (tertiary/aromatic N) is 2. The highest BCUT2D eigenvalue weighted by molar-refractivity contribution is 7.99. The van der Waals surface area contributed by atoms with E-state index in [9.17, 15) is 9.18 Å². The van der Waals surface area contributed by atoms with E-state index >= 15 is 0 Å². The lowest BCUT2D eigenvalue weighted by Crippen LogP contribution is -2.13. The minimum absolute atomic E-state index is 0.187. The average molecular weight is 385 g/mol. The van der Waals surface area contributed by atoms with Gasteiger partial charge in [0.25, 0.3) is 0 Å². The highest BCUT2D eigenvalue weighted by Gasteiger charge is 2.13. The first kappa shape index (κ1) is 19.0. The Balaban J connectivity index is 1.70. The molecule has 0 unspecified atom stereocenters. The van der Waals surface area contributed by atoms with Crippen LogP contribution in [0.1, 0.15) is 12.0 Å². The maximum atomic E-state index is 13.7. The lowest BCUT2D eigenvalue weighted by molar-refractivity contribution is -0.116. The Labute approximate surface area is 161 Å². The third-order valence-corrected chi connectivity index (χ3v) is 5.16. The molecule has 1 amide bonds. The van der Waals surface area contributed by atoms with E-state index in [1.807, 2.05) is 42.1 Å². The number of amides is 1. The molecule has 0 spiro atoms. The molecule has 0 aliphatic carbocycles. The van der Waals surface area contributed by atoms with Crippen molar-refractivity contribution in [2.75, 3.05) is 12.4 Å². The third-order valence-electron chi connectivity index (χ3n) is 4.01. The molecule has 0 saturated carbocycles. The second kappa shape index (κ2) is 8.73. The van der Waals surface area contributed by atoms with Crippen LogP contribution >= 0.6 is 11.8 Å². The molecule has 3 rings (SSSR count). The molecule has 0 aliphatic heterocycles. The molecule has 1 N–H and O–H groups in total. The van der Waals surface area contributed by atoms with Gasteiger partial charge < -0.3 is 14.6 Å². The van der Waals surface area contributed by atoms with Crippen LogP contribution < -0.4 is 10.1 Å². The monoisotopic (exact) mass is 385 g/mol. The van der Waals surface area contributed by atoms with E-state index in [1.165, 1.54) is 23.9 Å². The summed E-state index contributed by atoms with van der Waals surface area (Å²) >= 11 is 1.37. The molecule has 3 aromatic rings. The molecule has 0 radical (unpaired) electrons. The predicted octanol–water partition coefficient (Wildman–Crippen LogP) is 4.29. The number of methoxy groups -OCH3 is 1. The van der Waals surface area contributed by atoms with Crippen molar-refractivity contribution < 1.29 is 13.9 Å². The minimum Gasteiger partial charge on any atom is -0.496 e. The quantitative estimate of drug-likeness (QED) is 0.659. The number of carbonyl (C=O) groups is 1. The lowest BCUT2D eigenvalue weighted by atomic mass is 10.1. The smallest absolute Gasteiger partial charge is 0.224 e. The number of benzene rings is 2. The molecule has 1 aromatic heterocycles. The van der Waals surface area contributed by atoms with E-state index in [1.54, 1.807) is 19.4 Å². The molecule has 0 atom stereocenters. The summed E-state index contributed by atoms with van der Waals surface area (Å²) in [5.74, 6) is 0.162. The summed E-state index contributed by atoms with van der Waals surface area (Å²) in [5, 5.41) is 3.57. The number of nitrogens with one attached hydrogen (secondary N) is 1. The van der Waals surface area contributed by atoms with Gasteiger partial charge in [0.1, 0.15) is 11.6 Å². The molecule has 1 heterocycles. The standard InChI is InChI=1S/C20H20FN3O2S/c1-24-12-11-22-20(24)27-18-9-8-15(21)13-16(18)23-19(25)10-7-14-5-3-4-6-17(14)26-2/h3-6,8-9,11-13H,7,10H2,1-2H3,(H,23,25). The molecule has 2 aromatic carbocycles. The number of ether oxygens (including phenoxy) is 1. The van der Waals surface area contributed by atoms with Gasteiger partial charge in [0, 0.05) is 30.8 Å². The second-order valence-electron chi connectivity index (χ2n) is 5.92. The zero-order valence-corrected chi connectivity index (χ0v) is 15.9. The zero-order valence-electron chi connectivity index (χ0n) is 15.1. The van der Waals surface area contributed by atoms with Gasteiger partial charge in [0.2, 0.25) is 5.91 Å². The largest absolute Gasteiger partial charge is 0.496 e. The van der Waals surface area contributed by atoms with Gasteiger partial charge in [-0.2, -0.15) is 0 Å². The Hall–Kier alpha value is -2.80. The molecular weight excluding hydrogens is 365 g/mol. The first-order valence-electron chi connectivity index (χ1n) is 8.43. The van der Waals surface area contributed by atoms with Gasteiger partial charge in [0.05, 0.1) is 12.8 Å². The van der Waals surface area contributed by atoms with E-state index in [2.05, 4.69) is 10.3 Å². The first-order chi connectivity index (χ1) is 13.1. The molecule has 7 heteroatoms. The number of para-hydroxylation sites is 1. The number of hydrogen-bond acceptors (Lipinski definition) is 4. The number of aromatic nitrogens is 2. The molecular formula is C20H20FN3O2S. The SMILES string of the molecule is COc1ccccc1CCC(=O)Nc1cc(F)ccc1Sc1nccn1C. The summed E-state index contributed by atoms with van der Waals surface area (Å²) < 4.78 is 20.9. The number of halogens is 1. The lowest BCUT2D eigenvalue weighted by Gasteiger charge is -2.12. The van der Waals surface area contributed by atoms with Crippen LogP contribution in [0.5, 0.6) is 5.75 Å². The van der Waals surface area contributed by atoms with Crippen molar-refractivity contribution in [3.8, 4) is 5.75 Å². The van der Waals surface area contributed by atoms with Gasteiger partial charge in [-0.05, 0) is 48.0 Å². The van der Waals surface area contributed by atoms with E-state index in [0.717, 1.165) is 21.4 Å².